The lowest BCUT2D eigenvalue weighted by atomic mass is 10.0. The lowest BCUT2D eigenvalue weighted by molar-refractivity contribution is 0.0450. The summed E-state index contributed by atoms with van der Waals surface area (Å²) >= 11 is 0. The van der Waals surface area contributed by atoms with Crippen molar-refractivity contribution in [3.05, 3.63) is 59.4 Å². The fourth-order valence-electron chi connectivity index (χ4n) is 3.82. The van der Waals surface area contributed by atoms with Gasteiger partial charge in [0.1, 0.15) is 41.6 Å². The predicted molar refractivity (Wildman–Crippen MR) is 109 cm³/mol. The zero-order valence-electron chi connectivity index (χ0n) is 16.5. The van der Waals surface area contributed by atoms with Crippen LogP contribution in [0, 0.1) is 6.92 Å². The Hall–Kier alpha value is -2.99. The second-order valence-corrected chi connectivity index (χ2v) is 7.25. The van der Waals surface area contributed by atoms with E-state index in [-0.39, 0.29) is 19.0 Å². The molecule has 1 aliphatic rings. The molecule has 0 radical (unpaired) electrons. The molecular weight excluding hydrogens is 370 g/mol. The van der Waals surface area contributed by atoms with E-state index in [1.54, 1.807) is 19.1 Å². The Morgan fingerprint density at radius 2 is 1.86 bits per heavy atom. The number of esters is 1. The molecule has 0 bridgehead atoms. The van der Waals surface area contributed by atoms with E-state index in [4.69, 9.17) is 13.9 Å². The molecule has 6 nitrogen and oxygen atoms in total. The number of carbonyl (C=O) groups excluding carboxylic acids is 1. The van der Waals surface area contributed by atoms with E-state index in [2.05, 4.69) is 4.90 Å². The van der Waals surface area contributed by atoms with Gasteiger partial charge in [0.15, 0.2) is 0 Å². The van der Waals surface area contributed by atoms with Gasteiger partial charge in [0, 0.05) is 17.5 Å². The van der Waals surface area contributed by atoms with Crippen molar-refractivity contribution in [2.24, 2.45) is 0 Å². The average Bonchev–Trinajstić information content (AvgIpc) is 3.35. The minimum atomic E-state index is -0.466. The second kappa shape index (κ2) is 8.57. The fourth-order valence-corrected chi connectivity index (χ4v) is 3.82. The third-order valence-corrected chi connectivity index (χ3v) is 5.23. The van der Waals surface area contributed by atoms with E-state index in [1.165, 1.54) is 0 Å². The van der Waals surface area contributed by atoms with Gasteiger partial charge in [-0.15, -0.1) is 0 Å². The summed E-state index contributed by atoms with van der Waals surface area (Å²) in [6.07, 6.45) is 2.30. The van der Waals surface area contributed by atoms with Crippen molar-refractivity contribution in [3.63, 3.8) is 0 Å². The van der Waals surface area contributed by atoms with Crippen molar-refractivity contribution in [2.75, 3.05) is 26.3 Å². The summed E-state index contributed by atoms with van der Waals surface area (Å²) in [5.74, 6) is 0.923. The van der Waals surface area contributed by atoms with Crippen LogP contribution >= 0.6 is 0 Å². The maximum Gasteiger partial charge on any atom is 0.342 e. The van der Waals surface area contributed by atoms with Crippen molar-refractivity contribution < 1.29 is 23.8 Å². The Labute approximate surface area is 169 Å². The molecule has 0 unspecified atom stereocenters. The molecule has 1 aliphatic heterocycles. The molecule has 152 valence electrons. The van der Waals surface area contributed by atoms with Crippen LogP contribution in [0.1, 0.15) is 34.5 Å². The quantitative estimate of drug-likeness (QED) is 0.476. The first-order chi connectivity index (χ1) is 14.1. The lowest BCUT2D eigenvalue weighted by Crippen LogP contribution is -2.19. The minimum Gasteiger partial charge on any atom is -0.508 e. The van der Waals surface area contributed by atoms with Crippen molar-refractivity contribution in [1.29, 1.82) is 0 Å². The van der Waals surface area contributed by atoms with Gasteiger partial charge in [-0.25, -0.2) is 4.79 Å². The third-order valence-electron chi connectivity index (χ3n) is 5.23. The fraction of sp³-hybridized carbons (Fsp3) is 0.348. The van der Waals surface area contributed by atoms with E-state index >= 15 is 0 Å². The standard InChI is InChI=1S/C23H25NO5/c1-16-21(23(26)28-14-13-27-17-7-3-2-4-8-17)22-18(15-24-11-5-6-12-24)19(25)9-10-20(22)29-16/h2-4,7-10,25H,5-6,11-15H2,1H3. The molecule has 2 heterocycles. The van der Waals surface area contributed by atoms with Crippen LogP contribution in [0.2, 0.25) is 0 Å². The average molecular weight is 395 g/mol. The SMILES string of the molecule is Cc1oc2ccc(O)c(CN3CCCC3)c2c1C(=O)OCCOc1ccccc1. The normalized spacial score (nSPS) is 14.4. The zero-order valence-corrected chi connectivity index (χ0v) is 16.5. The smallest absolute Gasteiger partial charge is 0.342 e. The molecule has 0 aliphatic carbocycles. The van der Waals surface area contributed by atoms with Gasteiger partial charge in [0.05, 0.1) is 0 Å². The maximum atomic E-state index is 12.8. The highest BCUT2D eigenvalue weighted by Gasteiger charge is 2.25. The number of hydrogen-bond acceptors (Lipinski definition) is 6. The van der Waals surface area contributed by atoms with E-state index in [0.29, 0.717) is 34.4 Å². The molecule has 0 atom stereocenters. The molecule has 0 spiro atoms. The predicted octanol–water partition coefficient (Wildman–Crippen LogP) is 4.28. The highest BCUT2D eigenvalue weighted by molar-refractivity contribution is 6.06. The van der Waals surface area contributed by atoms with Crippen molar-refractivity contribution in [3.8, 4) is 11.5 Å². The second-order valence-electron chi connectivity index (χ2n) is 7.25. The van der Waals surface area contributed by atoms with Crippen LogP contribution < -0.4 is 4.74 Å². The maximum absolute atomic E-state index is 12.8. The van der Waals surface area contributed by atoms with Gasteiger partial charge in [-0.3, -0.25) is 4.90 Å². The number of hydrogen-bond donors (Lipinski definition) is 1. The first-order valence-corrected chi connectivity index (χ1v) is 9.95. The van der Waals surface area contributed by atoms with Gasteiger partial charge >= 0.3 is 5.97 Å². The minimum absolute atomic E-state index is 0.125. The number of benzene rings is 2. The number of ether oxygens (including phenoxy) is 2. The third kappa shape index (κ3) is 4.22. The highest BCUT2D eigenvalue weighted by atomic mass is 16.6. The monoisotopic (exact) mass is 395 g/mol. The Bertz CT molecular complexity index is 989. The molecule has 6 heteroatoms. The molecule has 3 aromatic rings. The van der Waals surface area contributed by atoms with Crippen molar-refractivity contribution >= 4 is 16.9 Å². The number of furan rings is 1. The molecule has 2 aromatic carbocycles. The Morgan fingerprint density at radius 1 is 1.10 bits per heavy atom. The Balaban J connectivity index is 1.51. The van der Waals surface area contributed by atoms with Crippen LogP contribution in [0.5, 0.6) is 11.5 Å². The summed E-state index contributed by atoms with van der Waals surface area (Å²) in [6.45, 7) is 4.69. The van der Waals surface area contributed by atoms with Crippen LogP contribution in [0.15, 0.2) is 46.9 Å². The van der Waals surface area contributed by atoms with Crippen LogP contribution in [0.4, 0.5) is 0 Å². The number of fused-ring (bicyclic) bond motifs is 1. The molecule has 0 saturated carbocycles. The van der Waals surface area contributed by atoms with Crippen LogP contribution in [-0.2, 0) is 11.3 Å². The topological polar surface area (TPSA) is 72.1 Å². The molecule has 29 heavy (non-hydrogen) atoms. The Morgan fingerprint density at radius 3 is 2.62 bits per heavy atom. The first-order valence-electron chi connectivity index (χ1n) is 9.95. The number of aryl methyl sites for hydroxylation is 1. The number of aromatic hydroxyl groups is 1. The summed E-state index contributed by atoms with van der Waals surface area (Å²) in [7, 11) is 0. The first kappa shape index (κ1) is 19.3. The number of phenolic OH excluding ortho intramolecular Hbond substituents is 1. The number of carbonyl (C=O) groups is 1. The molecule has 1 N–H and O–H groups in total. The van der Waals surface area contributed by atoms with Crippen LogP contribution in [0.25, 0.3) is 11.0 Å². The van der Waals surface area contributed by atoms with E-state index in [0.717, 1.165) is 31.7 Å². The molecule has 1 fully saturated rings. The largest absolute Gasteiger partial charge is 0.508 e. The number of rotatable bonds is 7. The van der Waals surface area contributed by atoms with Gasteiger partial charge in [-0.05, 0) is 57.1 Å². The van der Waals surface area contributed by atoms with E-state index < -0.39 is 5.97 Å². The molecule has 1 aromatic heterocycles. The van der Waals surface area contributed by atoms with Crippen molar-refractivity contribution in [1.82, 2.24) is 4.90 Å². The highest BCUT2D eigenvalue weighted by Crippen LogP contribution is 2.35. The van der Waals surface area contributed by atoms with Gasteiger partial charge in [-0.2, -0.15) is 0 Å². The number of para-hydroxylation sites is 1. The van der Waals surface area contributed by atoms with Gasteiger partial charge in [0.25, 0.3) is 0 Å². The zero-order chi connectivity index (χ0) is 20.2. The summed E-state index contributed by atoms with van der Waals surface area (Å²) in [6, 6.07) is 12.7. The summed E-state index contributed by atoms with van der Waals surface area (Å²) in [5, 5.41) is 11.1. The van der Waals surface area contributed by atoms with Crippen LogP contribution in [-0.4, -0.2) is 42.3 Å². The van der Waals surface area contributed by atoms with Gasteiger partial charge in [0.2, 0.25) is 0 Å². The number of nitrogens with zero attached hydrogens (tertiary/aromatic N) is 1. The van der Waals surface area contributed by atoms with Gasteiger partial charge in [-0.1, -0.05) is 18.2 Å². The number of likely N-dealkylation sites (tertiary alicyclic amines) is 1. The van der Waals surface area contributed by atoms with Gasteiger partial charge < -0.3 is 19.0 Å². The molecule has 0 amide bonds. The lowest BCUT2D eigenvalue weighted by Gasteiger charge is -2.16. The van der Waals surface area contributed by atoms with E-state index in [1.807, 2.05) is 30.3 Å². The Kier molecular flexibility index (Phi) is 5.71. The van der Waals surface area contributed by atoms with E-state index in [9.17, 15) is 9.90 Å². The summed E-state index contributed by atoms with van der Waals surface area (Å²) in [4.78, 5) is 15.1. The molecular formula is C23H25NO5. The van der Waals surface area contributed by atoms with Crippen LogP contribution in [0.3, 0.4) is 0 Å². The summed E-state index contributed by atoms with van der Waals surface area (Å²) in [5.41, 5.74) is 1.68. The molecule has 1 saturated heterocycles. The molecule has 4 rings (SSSR count). The number of phenols is 1. The van der Waals surface area contributed by atoms with Crippen molar-refractivity contribution in [2.45, 2.75) is 26.3 Å². The summed E-state index contributed by atoms with van der Waals surface area (Å²) < 4.78 is 16.8.